The van der Waals surface area contributed by atoms with Crippen LogP contribution in [0.3, 0.4) is 0 Å². The summed E-state index contributed by atoms with van der Waals surface area (Å²) >= 11 is 0. The first-order chi connectivity index (χ1) is 13.8. The van der Waals surface area contributed by atoms with Gasteiger partial charge >= 0.3 is 0 Å². The summed E-state index contributed by atoms with van der Waals surface area (Å²) in [6, 6.07) is 23.1. The number of nitrogens with zero attached hydrogens (tertiary/aromatic N) is 3. The van der Waals surface area contributed by atoms with Crippen LogP contribution in [-0.4, -0.2) is 21.9 Å². The third kappa shape index (κ3) is 1.89. The molecule has 2 aromatic heterocycles. The topological polar surface area (TPSA) is 39.9 Å². The highest BCUT2D eigenvalue weighted by Crippen LogP contribution is 2.49. The predicted molar refractivity (Wildman–Crippen MR) is 112 cm³/mol. The van der Waals surface area contributed by atoms with Crippen LogP contribution in [0.15, 0.2) is 66.7 Å². The molecule has 28 heavy (non-hydrogen) atoms. The van der Waals surface area contributed by atoms with E-state index in [1.54, 1.807) is 7.11 Å². The van der Waals surface area contributed by atoms with Crippen molar-refractivity contribution in [1.82, 2.24) is 14.8 Å². The molecule has 0 saturated heterocycles. The normalized spacial score (nSPS) is 11.9. The average Bonchev–Trinajstić information content (AvgIpc) is 3.01. The van der Waals surface area contributed by atoms with E-state index in [-0.39, 0.29) is 0 Å². The molecule has 0 aliphatic heterocycles. The Morgan fingerprint density at radius 2 is 1.50 bits per heavy atom. The summed E-state index contributed by atoms with van der Waals surface area (Å²) in [5, 5.41) is 7.08. The second-order valence-corrected chi connectivity index (χ2v) is 7.13. The highest BCUT2D eigenvalue weighted by Gasteiger charge is 2.26. The standard InChI is InChI=1S/C24H17N3O/c1-27-24-22-21(19-13-14(28-2)11-12-20(19)25-24)17-9-5-3-7-15(17)16-8-4-6-10-18(16)23(22)26-27/h3-13H,1-2H3. The first-order valence-electron chi connectivity index (χ1n) is 9.30. The summed E-state index contributed by atoms with van der Waals surface area (Å²) in [5.74, 6) is 0.828. The van der Waals surface area contributed by atoms with E-state index >= 15 is 0 Å². The highest BCUT2D eigenvalue weighted by molar-refractivity contribution is 6.18. The third-order valence-electron chi connectivity index (χ3n) is 5.64. The monoisotopic (exact) mass is 363 g/mol. The Hall–Kier alpha value is -3.66. The van der Waals surface area contributed by atoms with Gasteiger partial charge in [0.15, 0.2) is 5.65 Å². The van der Waals surface area contributed by atoms with Crippen LogP contribution in [0.25, 0.3) is 55.4 Å². The maximum Gasteiger partial charge on any atom is 0.159 e. The predicted octanol–water partition coefficient (Wildman–Crippen LogP) is 5.44. The largest absolute Gasteiger partial charge is 0.497 e. The van der Waals surface area contributed by atoms with Crippen LogP contribution >= 0.6 is 0 Å². The number of pyridine rings is 1. The van der Waals surface area contributed by atoms with E-state index in [0.717, 1.165) is 38.9 Å². The first-order valence-corrected chi connectivity index (χ1v) is 9.30. The smallest absolute Gasteiger partial charge is 0.159 e. The zero-order valence-electron chi connectivity index (χ0n) is 15.6. The van der Waals surface area contributed by atoms with Gasteiger partial charge in [0.1, 0.15) is 11.4 Å². The summed E-state index contributed by atoms with van der Waals surface area (Å²) in [6.07, 6.45) is 0. The average molecular weight is 363 g/mol. The van der Waals surface area contributed by atoms with E-state index in [4.69, 9.17) is 14.8 Å². The van der Waals surface area contributed by atoms with E-state index in [1.165, 1.54) is 22.3 Å². The van der Waals surface area contributed by atoms with Crippen LogP contribution in [0.1, 0.15) is 0 Å². The Morgan fingerprint density at radius 3 is 2.25 bits per heavy atom. The van der Waals surface area contributed by atoms with E-state index in [1.807, 2.05) is 23.9 Å². The number of methoxy groups -OCH3 is 1. The van der Waals surface area contributed by atoms with Gasteiger partial charge in [-0.25, -0.2) is 9.67 Å². The molecule has 0 unspecified atom stereocenters. The molecule has 0 saturated carbocycles. The summed E-state index contributed by atoms with van der Waals surface area (Å²) < 4.78 is 7.41. The SMILES string of the molecule is COc1ccc2nc3c4c(nn3C)-c3ccccc3-c3ccccc3-c4c2c1. The molecule has 6 rings (SSSR count). The van der Waals surface area contributed by atoms with E-state index < -0.39 is 0 Å². The first kappa shape index (κ1) is 15.4. The van der Waals surface area contributed by atoms with E-state index in [9.17, 15) is 0 Å². The van der Waals surface area contributed by atoms with Gasteiger partial charge < -0.3 is 4.74 Å². The van der Waals surface area contributed by atoms with E-state index in [0.29, 0.717) is 0 Å². The van der Waals surface area contributed by atoms with Crippen molar-refractivity contribution in [2.75, 3.05) is 7.11 Å². The van der Waals surface area contributed by atoms with Gasteiger partial charge in [-0.15, -0.1) is 0 Å². The third-order valence-corrected chi connectivity index (χ3v) is 5.64. The van der Waals surface area contributed by atoms with Gasteiger partial charge in [-0.05, 0) is 34.9 Å². The molecule has 134 valence electrons. The Bertz CT molecular complexity index is 1410. The Morgan fingerprint density at radius 1 is 0.821 bits per heavy atom. The van der Waals surface area contributed by atoms with Gasteiger partial charge in [-0.3, -0.25) is 0 Å². The Labute approximate surface area is 162 Å². The number of hydrogen-bond acceptors (Lipinski definition) is 3. The number of fused-ring (bicyclic) bond motifs is 7. The zero-order valence-corrected chi connectivity index (χ0v) is 15.6. The van der Waals surface area contributed by atoms with Crippen molar-refractivity contribution in [3.8, 4) is 39.3 Å². The van der Waals surface area contributed by atoms with Crippen molar-refractivity contribution < 1.29 is 4.74 Å². The molecule has 0 N–H and O–H groups in total. The molecule has 0 fully saturated rings. The molecular formula is C24H17N3O. The highest BCUT2D eigenvalue weighted by atomic mass is 16.5. The maximum atomic E-state index is 5.52. The number of hydrogen-bond donors (Lipinski definition) is 0. The van der Waals surface area contributed by atoms with Gasteiger partial charge in [0.2, 0.25) is 0 Å². The fourth-order valence-corrected chi connectivity index (χ4v) is 4.39. The van der Waals surface area contributed by atoms with Gasteiger partial charge in [0, 0.05) is 23.6 Å². The number of rotatable bonds is 1. The van der Waals surface area contributed by atoms with Crippen LogP contribution < -0.4 is 4.74 Å². The number of aromatic nitrogens is 3. The van der Waals surface area contributed by atoms with Crippen molar-refractivity contribution in [3.63, 3.8) is 0 Å². The summed E-state index contributed by atoms with van der Waals surface area (Å²) in [5.41, 5.74) is 8.76. The van der Waals surface area contributed by atoms with E-state index in [2.05, 4.69) is 54.6 Å². The molecule has 3 aromatic carbocycles. The fourth-order valence-electron chi connectivity index (χ4n) is 4.39. The molecule has 0 amide bonds. The summed E-state index contributed by atoms with van der Waals surface area (Å²) in [7, 11) is 3.66. The molecule has 4 heteroatoms. The molecule has 2 heterocycles. The number of aryl methyl sites for hydroxylation is 1. The Kier molecular flexibility index (Phi) is 2.98. The van der Waals surface area contributed by atoms with Crippen LogP contribution in [0, 0.1) is 0 Å². The molecule has 0 spiro atoms. The van der Waals surface area contributed by atoms with Gasteiger partial charge in [-0.1, -0.05) is 48.5 Å². The lowest BCUT2D eigenvalue weighted by Gasteiger charge is -2.13. The van der Waals surface area contributed by atoms with Crippen LogP contribution in [0.5, 0.6) is 5.75 Å². The van der Waals surface area contributed by atoms with Crippen molar-refractivity contribution in [2.24, 2.45) is 7.05 Å². The number of benzene rings is 3. The van der Waals surface area contributed by atoms with Crippen molar-refractivity contribution >= 4 is 21.9 Å². The van der Waals surface area contributed by atoms with Crippen LogP contribution in [-0.2, 0) is 7.05 Å². The lowest BCUT2D eigenvalue weighted by Crippen LogP contribution is -1.95. The molecule has 0 atom stereocenters. The maximum absolute atomic E-state index is 5.52. The second-order valence-electron chi connectivity index (χ2n) is 7.13. The molecule has 0 bridgehead atoms. The molecular weight excluding hydrogens is 346 g/mol. The molecule has 4 nitrogen and oxygen atoms in total. The molecule has 0 radical (unpaired) electrons. The minimum Gasteiger partial charge on any atom is -0.497 e. The summed E-state index contributed by atoms with van der Waals surface area (Å²) in [4.78, 5) is 4.95. The lowest BCUT2D eigenvalue weighted by molar-refractivity contribution is 0.415. The zero-order chi connectivity index (χ0) is 18.8. The molecule has 5 aromatic rings. The van der Waals surface area contributed by atoms with Crippen molar-refractivity contribution in [2.45, 2.75) is 0 Å². The number of ether oxygens (including phenoxy) is 1. The minimum absolute atomic E-state index is 0.828. The minimum atomic E-state index is 0.828. The lowest BCUT2D eigenvalue weighted by atomic mass is 9.92. The van der Waals surface area contributed by atoms with Gasteiger partial charge in [0.25, 0.3) is 0 Å². The Balaban J connectivity index is 1.93. The van der Waals surface area contributed by atoms with Crippen LogP contribution in [0.4, 0.5) is 0 Å². The fraction of sp³-hybridized carbons (Fsp3) is 0.0833. The van der Waals surface area contributed by atoms with Gasteiger partial charge in [0.05, 0.1) is 18.0 Å². The summed E-state index contributed by atoms with van der Waals surface area (Å²) in [6.45, 7) is 0. The van der Waals surface area contributed by atoms with Crippen LogP contribution in [0.2, 0.25) is 0 Å². The molecule has 1 aliphatic rings. The second kappa shape index (κ2) is 5.42. The molecule has 1 aliphatic carbocycles. The van der Waals surface area contributed by atoms with Gasteiger partial charge in [-0.2, -0.15) is 5.10 Å². The quantitative estimate of drug-likeness (QED) is 0.390. The van der Waals surface area contributed by atoms with Crippen molar-refractivity contribution in [3.05, 3.63) is 66.7 Å². The van der Waals surface area contributed by atoms with Crippen molar-refractivity contribution in [1.29, 1.82) is 0 Å².